The van der Waals surface area contributed by atoms with E-state index < -0.39 is 6.04 Å². The van der Waals surface area contributed by atoms with Gasteiger partial charge >= 0.3 is 0 Å². The maximum absolute atomic E-state index is 14.3. The molecule has 0 bridgehead atoms. The normalized spacial score (nSPS) is 18.5. The van der Waals surface area contributed by atoms with Crippen molar-refractivity contribution in [3.8, 4) is 5.75 Å². The highest BCUT2D eigenvalue weighted by Crippen LogP contribution is 2.48. The Balaban J connectivity index is 1.56. The molecule has 4 aromatic carbocycles. The SMILES string of the molecule is COc1cccc([C@@H]2C3=C(C[C@@H](c4ccc(Cl)cc4)CC3=O)Nc3ccccc3N2C(=O)c2ccccc2)c1. The summed E-state index contributed by atoms with van der Waals surface area (Å²) >= 11 is 6.14. The van der Waals surface area contributed by atoms with Crippen LogP contribution in [0.25, 0.3) is 0 Å². The van der Waals surface area contributed by atoms with Gasteiger partial charge in [0.25, 0.3) is 5.91 Å². The molecule has 0 fully saturated rings. The average Bonchev–Trinajstić information content (AvgIpc) is 3.12. The van der Waals surface area contributed by atoms with Crippen LogP contribution < -0.4 is 15.0 Å². The fraction of sp³-hybridized carbons (Fsp3) is 0.152. The molecule has 0 spiro atoms. The molecule has 1 heterocycles. The first kappa shape index (κ1) is 25.0. The van der Waals surface area contributed by atoms with Gasteiger partial charge in [0.2, 0.25) is 0 Å². The number of fused-ring (bicyclic) bond motifs is 1. The lowest BCUT2D eigenvalue weighted by molar-refractivity contribution is -0.116. The third-order valence-electron chi connectivity index (χ3n) is 7.48. The number of carbonyl (C=O) groups excluding carboxylic acids is 2. The Bertz CT molecular complexity index is 1580. The maximum Gasteiger partial charge on any atom is 0.259 e. The Labute approximate surface area is 232 Å². The smallest absolute Gasteiger partial charge is 0.259 e. The number of carbonyl (C=O) groups is 2. The number of halogens is 1. The third-order valence-corrected chi connectivity index (χ3v) is 7.73. The number of anilines is 2. The molecule has 0 aromatic heterocycles. The molecule has 1 aliphatic heterocycles. The highest BCUT2D eigenvalue weighted by Gasteiger charge is 2.42. The molecular formula is C33H27ClN2O3. The first-order chi connectivity index (χ1) is 19.0. The van der Waals surface area contributed by atoms with Gasteiger partial charge in [-0.05, 0) is 72.0 Å². The Morgan fingerprint density at radius 3 is 2.38 bits per heavy atom. The molecule has 0 unspecified atom stereocenters. The minimum absolute atomic E-state index is 0.00415. The number of hydrogen-bond donors (Lipinski definition) is 1. The summed E-state index contributed by atoms with van der Waals surface area (Å²) in [7, 11) is 1.61. The average molecular weight is 535 g/mol. The molecule has 39 heavy (non-hydrogen) atoms. The Morgan fingerprint density at radius 1 is 0.872 bits per heavy atom. The molecular weight excluding hydrogens is 508 g/mol. The van der Waals surface area contributed by atoms with Gasteiger partial charge in [0.05, 0.1) is 24.5 Å². The molecule has 1 aliphatic carbocycles. The van der Waals surface area contributed by atoms with Crippen LogP contribution in [0.1, 0.15) is 46.3 Å². The van der Waals surface area contributed by atoms with E-state index in [0.29, 0.717) is 40.4 Å². The Kier molecular flexibility index (Phi) is 6.67. The number of methoxy groups -OCH3 is 1. The van der Waals surface area contributed by atoms with Crippen molar-refractivity contribution in [3.05, 3.63) is 136 Å². The second-order valence-electron chi connectivity index (χ2n) is 9.83. The predicted molar refractivity (Wildman–Crippen MR) is 155 cm³/mol. The molecule has 0 saturated carbocycles. The van der Waals surface area contributed by atoms with Crippen molar-refractivity contribution in [1.82, 2.24) is 0 Å². The zero-order valence-corrected chi connectivity index (χ0v) is 22.2. The second-order valence-corrected chi connectivity index (χ2v) is 10.3. The number of para-hydroxylation sites is 2. The molecule has 0 saturated heterocycles. The minimum Gasteiger partial charge on any atom is -0.497 e. The van der Waals surface area contributed by atoms with Gasteiger partial charge < -0.3 is 10.1 Å². The highest BCUT2D eigenvalue weighted by molar-refractivity contribution is 6.30. The van der Waals surface area contributed by atoms with E-state index in [0.717, 1.165) is 22.5 Å². The van der Waals surface area contributed by atoms with Crippen molar-refractivity contribution in [2.24, 2.45) is 0 Å². The van der Waals surface area contributed by atoms with Crippen LogP contribution in [0.5, 0.6) is 5.75 Å². The zero-order valence-electron chi connectivity index (χ0n) is 21.4. The van der Waals surface area contributed by atoms with Crippen LogP contribution in [0.15, 0.2) is 114 Å². The molecule has 5 nitrogen and oxygen atoms in total. The lowest BCUT2D eigenvalue weighted by Crippen LogP contribution is -2.38. The maximum atomic E-state index is 14.3. The van der Waals surface area contributed by atoms with Crippen LogP contribution in [-0.2, 0) is 4.79 Å². The van der Waals surface area contributed by atoms with Crippen LogP contribution in [0.4, 0.5) is 11.4 Å². The molecule has 6 rings (SSSR count). The molecule has 1 N–H and O–H groups in total. The Hall–Kier alpha value is -4.35. The van der Waals surface area contributed by atoms with Crippen LogP contribution in [0.3, 0.4) is 0 Å². The van der Waals surface area contributed by atoms with E-state index in [-0.39, 0.29) is 17.6 Å². The van der Waals surface area contributed by atoms with E-state index in [1.165, 1.54) is 0 Å². The van der Waals surface area contributed by atoms with Crippen molar-refractivity contribution < 1.29 is 14.3 Å². The van der Waals surface area contributed by atoms with E-state index in [1.54, 1.807) is 24.1 Å². The summed E-state index contributed by atoms with van der Waals surface area (Å²) in [5.41, 5.74) is 5.35. The highest BCUT2D eigenvalue weighted by atomic mass is 35.5. The van der Waals surface area contributed by atoms with Gasteiger partial charge in [0.15, 0.2) is 5.78 Å². The van der Waals surface area contributed by atoms with Crippen molar-refractivity contribution in [2.45, 2.75) is 24.8 Å². The number of benzene rings is 4. The molecule has 0 radical (unpaired) electrons. The third kappa shape index (κ3) is 4.70. The van der Waals surface area contributed by atoms with E-state index in [1.807, 2.05) is 91.0 Å². The van der Waals surface area contributed by atoms with Gasteiger partial charge in [0, 0.05) is 28.3 Å². The standard InChI is InChI=1S/C33H27ClN2O3/c1-39-26-11-7-10-23(18-26)32-31-28(19-24(20-30(31)37)21-14-16-25(34)17-15-21)35-27-12-5-6-13-29(27)36(32)33(38)22-8-3-2-4-9-22/h2-18,24,32,35H,19-20H2,1H3/t24-,32-/m1/s1. The monoisotopic (exact) mass is 534 g/mol. The fourth-order valence-electron chi connectivity index (χ4n) is 5.63. The van der Waals surface area contributed by atoms with Gasteiger partial charge in [-0.25, -0.2) is 0 Å². The summed E-state index contributed by atoms with van der Waals surface area (Å²) in [4.78, 5) is 30.2. The van der Waals surface area contributed by atoms with Gasteiger partial charge in [-0.15, -0.1) is 0 Å². The van der Waals surface area contributed by atoms with E-state index in [2.05, 4.69) is 5.32 Å². The lowest BCUT2D eigenvalue weighted by Gasteiger charge is -2.35. The van der Waals surface area contributed by atoms with Crippen LogP contribution in [-0.4, -0.2) is 18.8 Å². The number of ketones is 1. The fourth-order valence-corrected chi connectivity index (χ4v) is 5.76. The zero-order chi connectivity index (χ0) is 26.9. The first-order valence-corrected chi connectivity index (χ1v) is 13.3. The van der Waals surface area contributed by atoms with Crippen LogP contribution in [0, 0.1) is 0 Å². The summed E-state index contributed by atoms with van der Waals surface area (Å²) in [6.45, 7) is 0. The second kappa shape index (κ2) is 10.4. The number of amides is 1. The number of nitrogens with zero attached hydrogens (tertiary/aromatic N) is 1. The van der Waals surface area contributed by atoms with Gasteiger partial charge in [-0.2, -0.15) is 0 Å². The largest absolute Gasteiger partial charge is 0.497 e. The van der Waals surface area contributed by atoms with Gasteiger partial charge in [-0.1, -0.05) is 66.2 Å². The first-order valence-electron chi connectivity index (χ1n) is 12.9. The molecule has 2 atom stereocenters. The topological polar surface area (TPSA) is 58.6 Å². The molecule has 6 heteroatoms. The van der Waals surface area contributed by atoms with E-state index in [4.69, 9.17) is 16.3 Å². The summed E-state index contributed by atoms with van der Waals surface area (Å²) < 4.78 is 5.54. The summed E-state index contributed by atoms with van der Waals surface area (Å²) in [5, 5.41) is 4.24. The van der Waals surface area contributed by atoms with Gasteiger partial charge in [-0.3, -0.25) is 14.5 Å². The van der Waals surface area contributed by atoms with Crippen LogP contribution >= 0.6 is 11.6 Å². The van der Waals surface area contributed by atoms with Gasteiger partial charge in [0.1, 0.15) is 5.75 Å². The predicted octanol–water partition coefficient (Wildman–Crippen LogP) is 7.56. The van der Waals surface area contributed by atoms with E-state index in [9.17, 15) is 9.59 Å². The summed E-state index contributed by atoms with van der Waals surface area (Å²) in [6.07, 6.45) is 0.969. The summed E-state index contributed by atoms with van der Waals surface area (Å²) in [5.74, 6) is 0.485. The number of Topliss-reactive ketones (excluding diaryl/α,β-unsaturated/α-hetero) is 1. The van der Waals surface area contributed by atoms with Crippen molar-refractivity contribution in [1.29, 1.82) is 0 Å². The number of hydrogen-bond acceptors (Lipinski definition) is 4. The van der Waals surface area contributed by atoms with Crippen LogP contribution in [0.2, 0.25) is 5.02 Å². The molecule has 1 amide bonds. The molecule has 2 aliphatic rings. The quantitative estimate of drug-likeness (QED) is 0.293. The number of allylic oxidation sites excluding steroid dienone is 1. The van der Waals surface area contributed by atoms with Crippen molar-refractivity contribution in [3.63, 3.8) is 0 Å². The molecule has 4 aromatic rings. The van der Waals surface area contributed by atoms with Crippen molar-refractivity contribution in [2.75, 3.05) is 17.3 Å². The van der Waals surface area contributed by atoms with E-state index >= 15 is 0 Å². The number of nitrogens with one attached hydrogen (secondary N) is 1. The number of rotatable bonds is 4. The van der Waals surface area contributed by atoms with Crippen molar-refractivity contribution >= 4 is 34.7 Å². The Morgan fingerprint density at radius 2 is 1.62 bits per heavy atom. The minimum atomic E-state index is -0.641. The number of ether oxygens (including phenoxy) is 1. The molecule has 194 valence electrons. The summed E-state index contributed by atoms with van der Waals surface area (Å²) in [6, 6.07) is 31.6. The lowest BCUT2D eigenvalue weighted by atomic mass is 9.78.